The van der Waals surface area contributed by atoms with E-state index < -0.39 is 0 Å². The minimum Gasteiger partial charge on any atom is -0.508 e. The summed E-state index contributed by atoms with van der Waals surface area (Å²) in [6.07, 6.45) is 6.85. The summed E-state index contributed by atoms with van der Waals surface area (Å²) in [6, 6.07) is 11.4. The molecule has 2 aromatic rings. The summed E-state index contributed by atoms with van der Waals surface area (Å²) >= 11 is 0. The van der Waals surface area contributed by atoms with Gasteiger partial charge < -0.3 is 14.6 Å². The fourth-order valence-corrected chi connectivity index (χ4v) is 2.30. The molecule has 0 unspecified atom stereocenters. The first kappa shape index (κ1) is 17.7. The normalized spacial score (nSPS) is 10.7. The topological polar surface area (TPSA) is 38.7 Å². The van der Waals surface area contributed by atoms with E-state index in [1.165, 1.54) is 5.57 Å². The van der Waals surface area contributed by atoms with Crippen molar-refractivity contribution in [2.75, 3.05) is 14.2 Å². The summed E-state index contributed by atoms with van der Waals surface area (Å²) in [7, 11) is 3.27. The molecule has 24 heavy (non-hydrogen) atoms. The van der Waals surface area contributed by atoms with E-state index in [-0.39, 0.29) is 0 Å². The van der Waals surface area contributed by atoms with Crippen molar-refractivity contribution >= 4 is 12.2 Å². The third-order valence-corrected chi connectivity index (χ3v) is 3.68. The Balaban J connectivity index is 2.26. The number of rotatable bonds is 6. The largest absolute Gasteiger partial charge is 0.508 e. The van der Waals surface area contributed by atoms with Gasteiger partial charge in [0.25, 0.3) is 0 Å². The van der Waals surface area contributed by atoms with Crippen LogP contribution in [0.1, 0.15) is 30.5 Å². The van der Waals surface area contributed by atoms with Crippen molar-refractivity contribution in [3.63, 3.8) is 0 Å². The van der Waals surface area contributed by atoms with E-state index in [1.54, 1.807) is 20.3 Å². The van der Waals surface area contributed by atoms with Crippen molar-refractivity contribution in [2.45, 2.75) is 20.3 Å². The molecule has 0 heterocycles. The Kier molecular flexibility index (Phi) is 6.07. The van der Waals surface area contributed by atoms with Gasteiger partial charge in [0.1, 0.15) is 17.2 Å². The van der Waals surface area contributed by atoms with Crippen LogP contribution in [0.2, 0.25) is 0 Å². The van der Waals surface area contributed by atoms with Crippen molar-refractivity contribution in [2.24, 2.45) is 0 Å². The van der Waals surface area contributed by atoms with Gasteiger partial charge in [0, 0.05) is 6.07 Å². The van der Waals surface area contributed by atoms with Crippen LogP contribution < -0.4 is 9.47 Å². The van der Waals surface area contributed by atoms with Crippen molar-refractivity contribution in [3.8, 4) is 17.2 Å². The lowest BCUT2D eigenvalue weighted by atomic mass is 10.0. The van der Waals surface area contributed by atoms with Crippen LogP contribution in [-0.4, -0.2) is 19.3 Å². The standard InChI is InChI=1S/C21H24O3/c1-15(2)5-9-18-11-16(8-10-21(18)22)6-7-17-12-19(23-3)14-20(13-17)24-4/h5-8,10-14,22H,9H2,1-4H3. The molecule has 0 amide bonds. The van der Waals surface area contributed by atoms with Crippen LogP contribution in [-0.2, 0) is 6.42 Å². The maximum atomic E-state index is 9.98. The van der Waals surface area contributed by atoms with Gasteiger partial charge in [-0.1, -0.05) is 29.9 Å². The molecule has 0 spiro atoms. The fraction of sp³-hybridized carbons (Fsp3) is 0.238. The van der Waals surface area contributed by atoms with E-state index in [9.17, 15) is 5.11 Å². The zero-order chi connectivity index (χ0) is 17.5. The number of aromatic hydroxyl groups is 1. The van der Waals surface area contributed by atoms with Crippen LogP contribution in [0.25, 0.3) is 12.2 Å². The molecule has 2 rings (SSSR count). The van der Waals surface area contributed by atoms with Crippen LogP contribution in [0.3, 0.4) is 0 Å². The Labute approximate surface area is 143 Å². The van der Waals surface area contributed by atoms with Gasteiger partial charge in [0.05, 0.1) is 14.2 Å². The van der Waals surface area contributed by atoms with Gasteiger partial charge in [-0.25, -0.2) is 0 Å². The molecule has 2 aromatic carbocycles. The van der Waals surface area contributed by atoms with Crippen LogP contribution in [0.15, 0.2) is 48.0 Å². The Morgan fingerprint density at radius 3 is 2.12 bits per heavy atom. The van der Waals surface area contributed by atoms with Crippen molar-refractivity contribution in [1.29, 1.82) is 0 Å². The molecular formula is C21H24O3. The molecule has 0 aliphatic rings. The fourth-order valence-electron chi connectivity index (χ4n) is 2.30. The van der Waals surface area contributed by atoms with E-state index in [0.717, 1.165) is 34.6 Å². The van der Waals surface area contributed by atoms with Gasteiger partial charge in [-0.05, 0) is 61.2 Å². The molecule has 0 saturated heterocycles. The number of hydrogen-bond acceptors (Lipinski definition) is 3. The maximum absolute atomic E-state index is 9.98. The van der Waals surface area contributed by atoms with E-state index in [2.05, 4.69) is 19.9 Å². The highest BCUT2D eigenvalue weighted by Crippen LogP contribution is 2.25. The predicted molar refractivity (Wildman–Crippen MR) is 99.7 cm³/mol. The monoisotopic (exact) mass is 324 g/mol. The molecule has 0 aromatic heterocycles. The molecule has 0 aliphatic heterocycles. The lowest BCUT2D eigenvalue weighted by Gasteiger charge is -2.06. The number of ether oxygens (including phenoxy) is 2. The minimum atomic E-state index is 0.327. The molecule has 126 valence electrons. The number of allylic oxidation sites excluding steroid dienone is 2. The first-order valence-electron chi connectivity index (χ1n) is 7.88. The number of methoxy groups -OCH3 is 2. The second kappa shape index (κ2) is 8.25. The molecule has 1 N–H and O–H groups in total. The smallest absolute Gasteiger partial charge is 0.123 e. The Hall–Kier alpha value is -2.68. The van der Waals surface area contributed by atoms with Crippen LogP contribution in [0, 0.1) is 0 Å². The third-order valence-electron chi connectivity index (χ3n) is 3.68. The van der Waals surface area contributed by atoms with E-state index in [1.807, 2.05) is 42.5 Å². The molecule has 0 fully saturated rings. The molecule has 3 nitrogen and oxygen atoms in total. The Morgan fingerprint density at radius 1 is 0.917 bits per heavy atom. The van der Waals surface area contributed by atoms with Crippen LogP contribution in [0.5, 0.6) is 17.2 Å². The maximum Gasteiger partial charge on any atom is 0.123 e. The van der Waals surface area contributed by atoms with Gasteiger partial charge >= 0.3 is 0 Å². The second-order valence-corrected chi connectivity index (χ2v) is 5.85. The van der Waals surface area contributed by atoms with Crippen molar-refractivity contribution in [1.82, 2.24) is 0 Å². The minimum absolute atomic E-state index is 0.327. The molecule has 0 radical (unpaired) electrons. The molecular weight excluding hydrogens is 300 g/mol. The highest BCUT2D eigenvalue weighted by Gasteiger charge is 2.02. The van der Waals surface area contributed by atoms with Gasteiger partial charge in [0.15, 0.2) is 0 Å². The highest BCUT2D eigenvalue weighted by atomic mass is 16.5. The summed E-state index contributed by atoms with van der Waals surface area (Å²) in [5, 5.41) is 9.98. The number of hydrogen-bond donors (Lipinski definition) is 1. The first-order chi connectivity index (χ1) is 11.5. The average molecular weight is 324 g/mol. The third kappa shape index (κ3) is 4.92. The van der Waals surface area contributed by atoms with Crippen molar-refractivity contribution < 1.29 is 14.6 Å². The number of phenols is 1. The quantitative estimate of drug-likeness (QED) is 0.594. The van der Waals surface area contributed by atoms with E-state index >= 15 is 0 Å². The van der Waals surface area contributed by atoms with E-state index in [0.29, 0.717) is 5.75 Å². The number of phenolic OH excluding ortho intramolecular Hbond substituents is 1. The Morgan fingerprint density at radius 2 is 1.54 bits per heavy atom. The molecule has 0 saturated carbocycles. The zero-order valence-corrected chi connectivity index (χ0v) is 14.7. The summed E-state index contributed by atoms with van der Waals surface area (Å²) in [6.45, 7) is 4.11. The van der Waals surface area contributed by atoms with Crippen LogP contribution >= 0.6 is 0 Å². The van der Waals surface area contributed by atoms with Gasteiger partial charge in [-0.3, -0.25) is 0 Å². The van der Waals surface area contributed by atoms with Gasteiger partial charge in [0.2, 0.25) is 0 Å². The summed E-state index contributed by atoms with van der Waals surface area (Å²) in [5.74, 6) is 1.83. The average Bonchev–Trinajstić information content (AvgIpc) is 2.59. The second-order valence-electron chi connectivity index (χ2n) is 5.85. The summed E-state index contributed by atoms with van der Waals surface area (Å²) < 4.78 is 10.6. The summed E-state index contributed by atoms with van der Waals surface area (Å²) in [4.78, 5) is 0. The molecule has 0 bridgehead atoms. The first-order valence-corrected chi connectivity index (χ1v) is 7.88. The van der Waals surface area contributed by atoms with E-state index in [4.69, 9.17) is 9.47 Å². The zero-order valence-electron chi connectivity index (χ0n) is 14.7. The molecule has 3 heteroatoms. The predicted octanol–water partition coefficient (Wildman–Crippen LogP) is 5.09. The van der Waals surface area contributed by atoms with Gasteiger partial charge in [-0.2, -0.15) is 0 Å². The Bertz CT molecular complexity index is 731. The molecule has 0 aliphatic carbocycles. The summed E-state index contributed by atoms with van der Waals surface area (Å²) in [5.41, 5.74) is 4.18. The SMILES string of the molecule is COc1cc(C=Cc2ccc(O)c(CC=C(C)C)c2)cc(OC)c1. The highest BCUT2D eigenvalue weighted by molar-refractivity contribution is 5.71. The van der Waals surface area contributed by atoms with Crippen LogP contribution in [0.4, 0.5) is 0 Å². The molecule has 0 atom stereocenters. The van der Waals surface area contributed by atoms with Gasteiger partial charge in [-0.15, -0.1) is 0 Å². The lowest BCUT2D eigenvalue weighted by molar-refractivity contribution is 0.394. The van der Waals surface area contributed by atoms with Crippen molar-refractivity contribution in [3.05, 3.63) is 64.7 Å². The number of benzene rings is 2. The lowest BCUT2D eigenvalue weighted by Crippen LogP contribution is -1.88.